The zero-order valence-electron chi connectivity index (χ0n) is 14.4. The third-order valence-corrected chi connectivity index (χ3v) is 3.66. The smallest absolute Gasteiger partial charge is 0.340 e. The van der Waals surface area contributed by atoms with Crippen LogP contribution < -0.4 is 10.2 Å². The van der Waals surface area contributed by atoms with Gasteiger partial charge in [-0.25, -0.2) is 9.18 Å². The molecule has 0 saturated carbocycles. The van der Waals surface area contributed by atoms with Gasteiger partial charge in [0.25, 0.3) is 5.91 Å². The number of para-hydroxylation sites is 1. The van der Waals surface area contributed by atoms with Crippen molar-refractivity contribution >= 4 is 23.3 Å². The first-order valence-electron chi connectivity index (χ1n) is 8.23. The lowest BCUT2D eigenvalue weighted by Gasteiger charge is -2.21. The molecule has 1 amide bonds. The molecule has 0 fully saturated rings. The van der Waals surface area contributed by atoms with Crippen LogP contribution in [0.3, 0.4) is 0 Å². The van der Waals surface area contributed by atoms with E-state index in [2.05, 4.69) is 5.32 Å². The maximum atomic E-state index is 13.0. The molecule has 2 rings (SSSR count). The van der Waals surface area contributed by atoms with Gasteiger partial charge in [0.2, 0.25) is 0 Å². The minimum absolute atomic E-state index is 0.0784. The number of carbonyl (C=O) groups excluding carboxylic acids is 2. The van der Waals surface area contributed by atoms with Gasteiger partial charge < -0.3 is 20.1 Å². The van der Waals surface area contributed by atoms with Crippen LogP contribution >= 0.6 is 0 Å². The molecule has 0 aromatic heterocycles. The van der Waals surface area contributed by atoms with E-state index in [1.165, 1.54) is 29.2 Å². The highest BCUT2D eigenvalue weighted by molar-refractivity contribution is 5.99. The summed E-state index contributed by atoms with van der Waals surface area (Å²) < 4.78 is 18.2. The van der Waals surface area contributed by atoms with E-state index in [4.69, 9.17) is 9.84 Å². The van der Waals surface area contributed by atoms with Crippen LogP contribution in [0.4, 0.5) is 15.8 Å². The number of nitrogens with zero attached hydrogens (tertiary/aromatic N) is 1. The SMILES string of the molecule is CCN(C(=O)COC(=O)c1ccccc1NCCO)c1ccc(F)cc1. The van der Waals surface area contributed by atoms with Gasteiger partial charge in [-0.1, -0.05) is 12.1 Å². The first kappa shape index (κ1) is 19.4. The molecule has 0 saturated heterocycles. The van der Waals surface area contributed by atoms with Crippen LogP contribution in [0.25, 0.3) is 0 Å². The molecule has 0 aliphatic rings. The Bertz CT molecular complexity index is 749. The van der Waals surface area contributed by atoms with E-state index < -0.39 is 24.3 Å². The van der Waals surface area contributed by atoms with Crippen molar-refractivity contribution in [2.75, 3.05) is 36.5 Å². The zero-order valence-corrected chi connectivity index (χ0v) is 14.4. The average molecular weight is 360 g/mol. The minimum Gasteiger partial charge on any atom is -0.452 e. The highest BCUT2D eigenvalue weighted by Crippen LogP contribution is 2.17. The van der Waals surface area contributed by atoms with Crippen molar-refractivity contribution < 1.29 is 23.8 Å². The summed E-state index contributed by atoms with van der Waals surface area (Å²) in [5.74, 6) is -1.45. The normalized spacial score (nSPS) is 10.3. The largest absolute Gasteiger partial charge is 0.452 e. The molecular formula is C19H21FN2O4. The molecule has 0 unspecified atom stereocenters. The number of benzene rings is 2. The van der Waals surface area contributed by atoms with Gasteiger partial charge in [-0.2, -0.15) is 0 Å². The highest BCUT2D eigenvalue weighted by Gasteiger charge is 2.18. The maximum Gasteiger partial charge on any atom is 0.340 e. The predicted molar refractivity (Wildman–Crippen MR) is 96.7 cm³/mol. The fourth-order valence-electron chi connectivity index (χ4n) is 2.41. The van der Waals surface area contributed by atoms with Crippen LogP contribution in [0.15, 0.2) is 48.5 Å². The van der Waals surface area contributed by atoms with Crippen molar-refractivity contribution in [1.82, 2.24) is 0 Å². The number of rotatable bonds is 8. The van der Waals surface area contributed by atoms with E-state index >= 15 is 0 Å². The van der Waals surface area contributed by atoms with E-state index in [0.29, 0.717) is 17.9 Å². The maximum absolute atomic E-state index is 13.0. The van der Waals surface area contributed by atoms with E-state index in [9.17, 15) is 14.0 Å². The number of nitrogens with one attached hydrogen (secondary N) is 1. The zero-order chi connectivity index (χ0) is 18.9. The first-order valence-corrected chi connectivity index (χ1v) is 8.23. The number of anilines is 2. The molecule has 0 bridgehead atoms. The van der Waals surface area contributed by atoms with Gasteiger partial charge in [-0.15, -0.1) is 0 Å². The van der Waals surface area contributed by atoms with E-state index in [1.807, 2.05) is 0 Å². The number of halogens is 1. The molecular weight excluding hydrogens is 339 g/mol. The lowest BCUT2D eigenvalue weighted by Crippen LogP contribution is -2.34. The lowest BCUT2D eigenvalue weighted by molar-refractivity contribution is -0.121. The van der Waals surface area contributed by atoms with Crippen LogP contribution in [-0.2, 0) is 9.53 Å². The molecule has 0 spiro atoms. The molecule has 0 aliphatic carbocycles. The predicted octanol–water partition coefficient (Wildman–Crippen LogP) is 2.44. The summed E-state index contributed by atoms with van der Waals surface area (Å²) in [6, 6.07) is 12.2. The Kier molecular flexibility index (Phi) is 7.11. The van der Waals surface area contributed by atoms with E-state index in [0.717, 1.165) is 0 Å². The van der Waals surface area contributed by atoms with Crippen LogP contribution in [0.1, 0.15) is 17.3 Å². The summed E-state index contributed by atoms with van der Waals surface area (Å²) in [4.78, 5) is 26.0. The summed E-state index contributed by atoms with van der Waals surface area (Å²) in [5, 5.41) is 11.8. The number of aliphatic hydroxyl groups is 1. The number of ether oxygens (including phenoxy) is 1. The Morgan fingerprint density at radius 1 is 1.15 bits per heavy atom. The molecule has 6 nitrogen and oxygen atoms in total. The molecule has 138 valence electrons. The summed E-state index contributed by atoms with van der Waals surface area (Å²) in [6.07, 6.45) is 0. The Balaban J connectivity index is 2.02. The minimum atomic E-state index is -0.644. The summed E-state index contributed by atoms with van der Waals surface area (Å²) in [7, 11) is 0. The fraction of sp³-hybridized carbons (Fsp3) is 0.263. The van der Waals surface area contributed by atoms with Crippen molar-refractivity contribution in [3.05, 3.63) is 59.9 Å². The number of likely N-dealkylation sites (N-methyl/N-ethyl adjacent to an activating group) is 1. The van der Waals surface area contributed by atoms with Gasteiger partial charge in [0.05, 0.1) is 12.2 Å². The van der Waals surface area contributed by atoms with Gasteiger partial charge in [0.15, 0.2) is 6.61 Å². The second kappa shape index (κ2) is 9.53. The van der Waals surface area contributed by atoms with E-state index in [-0.39, 0.29) is 18.7 Å². The Hall–Kier alpha value is -2.93. The summed E-state index contributed by atoms with van der Waals surface area (Å²) in [5.41, 5.74) is 1.32. The molecule has 2 N–H and O–H groups in total. The monoisotopic (exact) mass is 360 g/mol. The number of hydrogen-bond donors (Lipinski definition) is 2. The fourth-order valence-corrected chi connectivity index (χ4v) is 2.41. The van der Waals surface area contributed by atoms with Gasteiger partial charge in [0.1, 0.15) is 5.82 Å². The number of carbonyl (C=O) groups is 2. The molecule has 0 aliphatic heterocycles. The van der Waals surface area contributed by atoms with Gasteiger partial charge in [0, 0.05) is 24.5 Å². The van der Waals surface area contributed by atoms with Crippen molar-refractivity contribution in [1.29, 1.82) is 0 Å². The number of aliphatic hydroxyl groups excluding tert-OH is 1. The molecule has 0 atom stereocenters. The van der Waals surface area contributed by atoms with Crippen LogP contribution in [0.2, 0.25) is 0 Å². The summed E-state index contributed by atoms with van der Waals surface area (Å²) >= 11 is 0. The number of esters is 1. The quantitative estimate of drug-likeness (QED) is 0.707. The Morgan fingerprint density at radius 3 is 2.50 bits per heavy atom. The van der Waals surface area contributed by atoms with Crippen molar-refractivity contribution in [3.8, 4) is 0 Å². The number of hydrogen-bond acceptors (Lipinski definition) is 5. The standard InChI is InChI=1S/C19H21FN2O4/c1-2-22(15-9-7-14(20)8-10-15)18(24)13-26-19(25)16-5-3-4-6-17(16)21-11-12-23/h3-10,21,23H,2,11-13H2,1H3. The second-order valence-corrected chi connectivity index (χ2v) is 5.39. The molecule has 2 aromatic rings. The van der Waals surface area contributed by atoms with E-state index in [1.54, 1.807) is 31.2 Å². The third kappa shape index (κ3) is 5.03. The molecule has 0 heterocycles. The molecule has 0 radical (unpaired) electrons. The van der Waals surface area contributed by atoms with Crippen molar-refractivity contribution in [3.63, 3.8) is 0 Å². The van der Waals surface area contributed by atoms with Crippen molar-refractivity contribution in [2.24, 2.45) is 0 Å². The highest BCUT2D eigenvalue weighted by atomic mass is 19.1. The van der Waals surface area contributed by atoms with Gasteiger partial charge in [-0.3, -0.25) is 4.79 Å². The molecule has 2 aromatic carbocycles. The average Bonchev–Trinajstić information content (AvgIpc) is 2.66. The van der Waals surface area contributed by atoms with Gasteiger partial charge >= 0.3 is 5.97 Å². The second-order valence-electron chi connectivity index (χ2n) is 5.39. The Morgan fingerprint density at radius 2 is 1.85 bits per heavy atom. The molecule has 7 heteroatoms. The van der Waals surface area contributed by atoms with Crippen LogP contribution in [0.5, 0.6) is 0 Å². The van der Waals surface area contributed by atoms with Crippen LogP contribution in [-0.4, -0.2) is 43.3 Å². The first-order chi connectivity index (χ1) is 12.6. The molecule has 26 heavy (non-hydrogen) atoms. The van der Waals surface area contributed by atoms with Gasteiger partial charge in [-0.05, 0) is 43.3 Å². The lowest BCUT2D eigenvalue weighted by atomic mass is 10.2. The third-order valence-electron chi connectivity index (χ3n) is 3.66. The van der Waals surface area contributed by atoms with Crippen LogP contribution in [0, 0.1) is 5.82 Å². The number of amides is 1. The Labute approximate surface area is 151 Å². The van der Waals surface area contributed by atoms with Crippen molar-refractivity contribution in [2.45, 2.75) is 6.92 Å². The topological polar surface area (TPSA) is 78.9 Å². The summed E-state index contributed by atoms with van der Waals surface area (Å²) in [6.45, 7) is 1.91.